The second-order valence-corrected chi connectivity index (χ2v) is 8.21. The molecule has 1 aromatic rings. The molecule has 6 nitrogen and oxygen atoms in total. The Morgan fingerprint density at radius 2 is 2.12 bits per heavy atom. The van der Waals surface area contributed by atoms with E-state index in [1.165, 1.54) is 6.07 Å². The highest BCUT2D eigenvalue weighted by Gasteiger charge is 2.31. The number of likely N-dealkylation sites (N-methyl/N-ethyl adjacent to an activating group) is 2. The number of rotatable bonds is 6. The van der Waals surface area contributed by atoms with Crippen molar-refractivity contribution in [1.82, 2.24) is 14.5 Å². The van der Waals surface area contributed by atoms with E-state index >= 15 is 0 Å². The second kappa shape index (κ2) is 8.09. The minimum absolute atomic E-state index is 0.00131. The fourth-order valence-corrected chi connectivity index (χ4v) is 4.70. The van der Waals surface area contributed by atoms with Gasteiger partial charge in [-0.05, 0) is 45.0 Å². The highest BCUT2D eigenvalue weighted by molar-refractivity contribution is 7.89. The van der Waals surface area contributed by atoms with E-state index in [1.54, 1.807) is 34.5 Å². The lowest BCUT2D eigenvalue weighted by atomic mass is 10.1. The van der Waals surface area contributed by atoms with Crippen molar-refractivity contribution in [2.75, 3.05) is 33.7 Å². The summed E-state index contributed by atoms with van der Waals surface area (Å²) >= 11 is 0. The van der Waals surface area contributed by atoms with Gasteiger partial charge in [-0.15, -0.1) is 0 Å². The zero-order valence-electron chi connectivity index (χ0n) is 14.7. The molecule has 1 aliphatic heterocycles. The summed E-state index contributed by atoms with van der Waals surface area (Å²) in [5.74, 6) is -0.172. The SMILES string of the molecule is CNCCN(C)C(=O)c1cccc(S(=O)(=O)N2CCCCC2C)c1. The monoisotopic (exact) mass is 353 g/mol. The molecule has 0 aliphatic carbocycles. The molecular formula is C17H27N3O3S. The van der Waals surface area contributed by atoms with Crippen LogP contribution in [0.2, 0.25) is 0 Å². The summed E-state index contributed by atoms with van der Waals surface area (Å²) in [6.45, 7) is 3.74. The van der Waals surface area contributed by atoms with Crippen molar-refractivity contribution in [2.24, 2.45) is 0 Å². The lowest BCUT2D eigenvalue weighted by Gasteiger charge is -2.32. The van der Waals surface area contributed by atoms with Crippen molar-refractivity contribution >= 4 is 15.9 Å². The van der Waals surface area contributed by atoms with Gasteiger partial charge in [-0.1, -0.05) is 12.5 Å². The molecule has 1 unspecified atom stereocenters. The van der Waals surface area contributed by atoms with Gasteiger partial charge in [0.05, 0.1) is 4.90 Å². The molecule has 0 aromatic heterocycles. The summed E-state index contributed by atoms with van der Waals surface area (Å²) in [7, 11) is -0.0191. The van der Waals surface area contributed by atoms with Crippen LogP contribution < -0.4 is 5.32 Å². The number of nitrogens with zero attached hydrogens (tertiary/aromatic N) is 2. The fraction of sp³-hybridized carbons (Fsp3) is 0.588. The van der Waals surface area contributed by atoms with Crippen LogP contribution >= 0.6 is 0 Å². The van der Waals surface area contributed by atoms with Crippen molar-refractivity contribution in [3.05, 3.63) is 29.8 Å². The zero-order chi connectivity index (χ0) is 17.7. The smallest absolute Gasteiger partial charge is 0.253 e. The van der Waals surface area contributed by atoms with E-state index in [2.05, 4.69) is 5.32 Å². The van der Waals surface area contributed by atoms with E-state index in [0.29, 0.717) is 25.2 Å². The van der Waals surface area contributed by atoms with Crippen LogP contribution in [-0.4, -0.2) is 63.3 Å². The Kier molecular flexibility index (Phi) is 6.37. The van der Waals surface area contributed by atoms with Gasteiger partial charge >= 0.3 is 0 Å². The second-order valence-electron chi connectivity index (χ2n) is 6.32. The number of hydrogen-bond acceptors (Lipinski definition) is 4. The first-order valence-corrected chi connectivity index (χ1v) is 9.84. The van der Waals surface area contributed by atoms with Gasteiger partial charge in [0.1, 0.15) is 0 Å². The molecule has 1 aromatic carbocycles. The minimum atomic E-state index is -3.56. The van der Waals surface area contributed by atoms with Gasteiger partial charge < -0.3 is 10.2 Å². The van der Waals surface area contributed by atoms with Crippen LogP contribution in [0.4, 0.5) is 0 Å². The van der Waals surface area contributed by atoms with E-state index in [0.717, 1.165) is 19.3 Å². The molecule has 1 amide bonds. The fourth-order valence-electron chi connectivity index (χ4n) is 2.96. The minimum Gasteiger partial charge on any atom is -0.340 e. The van der Waals surface area contributed by atoms with Crippen molar-refractivity contribution in [3.63, 3.8) is 0 Å². The van der Waals surface area contributed by atoms with Gasteiger partial charge in [0.2, 0.25) is 10.0 Å². The third-order valence-corrected chi connectivity index (χ3v) is 6.48. The summed E-state index contributed by atoms with van der Waals surface area (Å²) < 4.78 is 27.4. The summed E-state index contributed by atoms with van der Waals surface area (Å²) in [6, 6.07) is 6.37. The standard InChI is InChI=1S/C17H27N3O3S/c1-14-7-4-5-11-20(14)24(22,23)16-9-6-8-15(13-16)17(21)19(3)12-10-18-2/h6,8-9,13-14,18H,4-5,7,10-12H2,1-3H3. The molecule has 7 heteroatoms. The van der Waals surface area contributed by atoms with Crippen LogP contribution in [0, 0.1) is 0 Å². The molecule has 24 heavy (non-hydrogen) atoms. The average molecular weight is 353 g/mol. The molecule has 0 radical (unpaired) electrons. The molecule has 0 saturated carbocycles. The highest BCUT2D eigenvalue weighted by atomic mass is 32.2. The lowest BCUT2D eigenvalue weighted by molar-refractivity contribution is 0.0796. The number of hydrogen-bond donors (Lipinski definition) is 1. The summed E-state index contributed by atoms with van der Waals surface area (Å²) in [6.07, 6.45) is 2.82. The molecule has 1 aliphatic rings. The Hall–Kier alpha value is -1.44. The van der Waals surface area contributed by atoms with E-state index < -0.39 is 10.0 Å². The van der Waals surface area contributed by atoms with Crippen LogP contribution in [-0.2, 0) is 10.0 Å². The number of carbonyl (C=O) groups excluding carboxylic acids is 1. The predicted octanol–water partition coefficient (Wildman–Crippen LogP) is 1.54. The molecule has 1 N–H and O–H groups in total. The summed E-state index contributed by atoms with van der Waals surface area (Å²) in [5, 5.41) is 2.99. The molecule has 2 rings (SSSR count). The third kappa shape index (κ3) is 4.15. The molecule has 1 heterocycles. The number of amides is 1. The third-order valence-electron chi connectivity index (χ3n) is 4.47. The van der Waals surface area contributed by atoms with Gasteiger partial charge in [0.15, 0.2) is 0 Å². The van der Waals surface area contributed by atoms with Gasteiger partial charge in [-0.2, -0.15) is 4.31 Å². The van der Waals surface area contributed by atoms with Crippen molar-refractivity contribution in [3.8, 4) is 0 Å². The summed E-state index contributed by atoms with van der Waals surface area (Å²) in [4.78, 5) is 14.2. The number of carbonyl (C=O) groups is 1. The molecular weight excluding hydrogens is 326 g/mol. The maximum Gasteiger partial charge on any atom is 0.253 e. The Morgan fingerprint density at radius 3 is 2.79 bits per heavy atom. The van der Waals surface area contributed by atoms with Gasteiger partial charge in [0.25, 0.3) is 5.91 Å². The van der Waals surface area contributed by atoms with Gasteiger partial charge in [-0.25, -0.2) is 8.42 Å². The molecule has 1 fully saturated rings. The van der Waals surface area contributed by atoms with Crippen LogP contribution in [0.1, 0.15) is 36.5 Å². The lowest BCUT2D eigenvalue weighted by Crippen LogP contribution is -2.42. The average Bonchev–Trinajstić information content (AvgIpc) is 2.59. The van der Waals surface area contributed by atoms with Crippen LogP contribution in [0.5, 0.6) is 0 Å². The molecule has 134 valence electrons. The van der Waals surface area contributed by atoms with Crippen molar-refractivity contribution in [1.29, 1.82) is 0 Å². The number of sulfonamides is 1. The number of nitrogens with one attached hydrogen (secondary N) is 1. The Labute approximate surface area is 144 Å². The normalized spacial score (nSPS) is 19.2. The van der Waals surface area contributed by atoms with Crippen molar-refractivity contribution < 1.29 is 13.2 Å². The van der Waals surface area contributed by atoms with Crippen LogP contribution in [0.25, 0.3) is 0 Å². The quantitative estimate of drug-likeness (QED) is 0.842. The van der Waals surface area contributed by atoms with E-state index in [4.69, 9.17) is 0 Å². The van der Waals surface area contributed by atoms with Gasteiger partial charge in [0, 0.05) is 38.3 Å². The number of piperidine rings is 1. The summed E-state index contributed by atoms with van der Waals surface area (Å²) in [5.41, 5.74) is 0.402. The largest absolute Gasteiger partial charge is 0.340 e. The zero-order valence-corrected chi connectivity index (χ0v) is 15.5. The van der Waals surface area contributed by atoms with Crippen LogP contribution in [0.3, 0.4) is 0 Å². The van der Waals surface area contributed by atoms with E-state index in [-0.39, 0.29) is 16.8 Å². The van der Waals surface area contributed by atoms with Crippen LogP contribution in [0.15, 0.2) is 29.2 Å². The Balaban J connectivity index is 2.24. The number of benzene rings is 1. The first kappa shape index (κ1) is 18.9. The van der Waals surface area contributed by atoms with Gasteiger partial charge in [-0.3, -0.25) is 4.79 Å². The van der Waals surface area contributed by atoms with E-state index in [1.807, 2.05) is 14.0 Å². The van der Waals surface area contributed by atoms with Crippen molar-refractivity contribution in [2.45, 2.75) is 37.1 Å². The first-order chi connectivity index (χ1) is 11.4. The Morgan fingerprint density at radius 1 is 1.38 bits per heavy atom. The topological polar surface area (TPSA) is 69.7 Å². The maximum atomic E-state index is 12.9. The molecule has 1 saturated heterocycles. The molecule has 0 bridgehead atoms. The molecule has 0 spiro atoms. The maximum absolute atomic E-state index is 12.9. The Bertz CT molecular complexity index is 675. The predicted molar refractivity (Wildman–Crippen MR) is 94.5 cm³/mol. The molecule has 1 atom stereocenters. The first-order valence-electron chi connectivity index (χ1n) is 8.40. The van der Waals surface area contributed by atoms with E-state index in [9.17, 15) is 13.2 Å². The highest BCUT2D eigenvalue weighted by Crippen LogP contribution is 2.25.